The van der Waals surface area contributed by atoms with Crippen LogP contribution in [0, 0.1) is 5.82 Å². The molecule has 1 fully saturated rings. The van der Waals surface area contributed by atoms with Crippen LogP contribution in [0.4, 0.5) is 4.39 Å². The maximum Gasteiger partial charge on any atom is 0.495 e. The fourth-order valence-corrected chi connectivity index (χ4v) is 4.31. The van der Waals surface area contributed by atoms with Gasteiger partial charge in [0.05, 0.1) is 45.2 Å². The highest BCUT2D eigenvalue weighted by Gasteiger charge is 2.53. The molecule has 158 valence electrons. The highest BCUT2D eigenvalue weighted by atomic mass is 32.2. The van der Waals surface area contributed by atoms with Crippen LogP contribution < -0.4 is 10.2 Å². The van der Waals surface area contributed by atoms with E-state index < -0.39 is 44.9 Å². The van der Waals surface area contributed by atoms with E-state index in [1.165, 1.54) is 19.9 Å². The Morgan fingerprint density at radius 2 is 1.62 bits per heavy atom. The standard InChI is InChI=1S/C17H30B4FNO5S/c1-14(2,24)9-23-29(25,26)10-7-11(13(12(22)8-10)17(18,19)20)21-27-15(3,4)16(5,6)28-21/h7-8,23-24H,9,18-20H2,1-6H3. The lowest BCUT2D eigenvalue weighted by Crippen LogP contribution is -2.45. The zero-order chi connectivity index (χ0) is 22.6. The lowest BCUT2D eigenvalue weighted by molar-refractivity contribution is 0.00578. The molecule has 6 nitrogen and oxygen atoms in total. The Kier molecular flexibility index (Phi) is 6.25. The number of sulfonamides is 1. The molecule has 12 heteroatoms. The van der Waals surface area contributed by atoms with Gasteiger partial charge >= 0.3 is 7.12 Å². The molecule has 0 amide bonds. The minimum atomic E-state index is -4.05. The fraction of sp³-hybridized carbons (Fsp3) is 0.647. The van der Waals surface area contributed by atoms with Crippen molar-refractivity contribution in [2.45, 2.75) is 68.4 Å². The largest absolute Gasteiger partial charge is 0.495 e. The maximum atomic E-state index is 15.2. The number of rotatable bonds is 6. The van der Waals surface area contributed by atoms with Crippen LogP contribution in [-0.2, 0) is 24.4 Å². The van der Waals surface area contributed by atoms with Gasteiger partial charge in [-0.25, -0.2) is 17.5 Å². The van der Waals surface area contributed by atoms with E-state index in [4.69, 9.17) is 9.31 Å². The van der Waals surface area contributed by atoms with E-state index in [0.29, 0.717) is 11.0 Å². The van der Waals surface area contributed by atoms with Gasteiger partial charge in [-0.1, -0.05) is 5.11 Å². The first kappa shape index (κ1) is 24.5. The summed E-state index contributed by atoms with van der Waals surface area (Å²) in [6.45, 7) is 10.3. The van der Waals surface area contributed by atoms with Crippen molar-refractivity contribution in [1.29, 1.82) is 0 Å². The summed E-state index contributed by atoms with van der Waals surface area (Å²) < 4.78 is 55.2. The number of halogens is 1. The van der Waals surface area contributed by atoms with Crippen molar-refractivity contribution in [3.63, 3.8) is 0 Å². The first-order valence-corrected chi connectivity index (χ1v) is 11.2. The summed E-state index contributed by atoms with van der Waals surface area (Å²) in [6, 6.07) is 2.40. The second kappa shape index (κ2) is 7.41. The summed E-state index contributed by atoms with van der Waals surface area (Å²) in [5.74, 6) is -0.645. The van der Waals surface area contributed by atoms with Gasteiger partial charge in [0.25, 0.3) is 0 Å². The second-order valence-electron chi connectivity index (χ2n) is 10.3. The monoisotopic (exact) mass is 423 g/mol. The van der Waals surface area contributed by atoms with Gasteiger partial charge in [0.2, 0.25) is 10.0 Å². The lowest BCUT2D eigenvalue weighted by Gasteiger charge is -2.32. The van der Waals surface area contributed by atoms with Gasteiger partial charge in [-0.3, -0.25) is 0 Å². The third-order valence-electron chi connectivity index (χ3n) is 5.36. The van der Waals surface area contributed by atoms with E-state index in [1.807, 2.05) is 51.2 Å². The summed E-state index contributed by atoms with van der Waals surface area (Å²) in [5.41, 5.74) is -1.86. The van der Waals surface area contributed by atoms with Crippen molar-refractivity contribution in [1.82, 2.24) is 4.72 Å². The Balaban J connectivity index is 2.60. The van der Waals surface area contributed by atoms with Crippen LogP contribution in [0.1, 0.15) is 47.1 Å². The molecule has 0 bridgehead atoms. The molecule has 0 spiro atoms. The normalized spacial score (nSPS) is 19.5. The van der Waals surface area contributed by atoms with Gasteiger partial charge in [0.15, 0.2) is 0 Å². The average Bonchev–Trinajstić information content (AvgIpc) is 2.71. The molecule has 0 saturated carbocycles. The predicted octanol–water partition coefficient (Wildman–Crippen LogP) is -1.82. The Morgan fingerprint density at radius 1 is 1.14 bits per heavy atom. The molecule has 1 saturated heterocycles. The van der Waals surface area contributed by atoms with E-state index >= 15 is 4.39 Å². The Hall–Kier alpha value is -0.800. The second-order valence-corrected chi connectivity index (χ2v) is 12.1. The average molecular weight is 423 g/mol. The van der Waals surface area contributed by atoms with Crippen LogP contribution in [0.25, 0.3) is 0 Å². The van der Waals surface area contributed by atoms with Crippen LogP contribution in [0.3, 0.4) is 0 Å². The molecule has 2 N–H and O–H groups in total. The van der Waals surface area contributed by atoms with Gasteiger partial charge in [-0.2, -0.15) is 0 Å². The first-order valence-electron chi connectivity index (χ1n) is 9.68. The van der Waals surface area contributed by atoms with Crippen molar-refractivity contribution in [3.05, 3.63) is 23.5 Å². The number of benzene rings is 1. The molecule has 1 aromatic carbocycles. The molecule has 0 aliphatic carbocycles. The van der Waals surface area contributed by atoms with Gasteiger partial charge in [0.1, 0.15) is 5.82 Å². The van der Waals surface area contributed by atoms with Crippen LogP contribution >= 0.6 is 0 Å². The predicted molar refractivity (Wildman–Crippen MR) is 121 cm³/mol. The maximum absolute atomic E-state index is 15.2. The van der Waals surface area contributed by atoms with Crippen molar-refractivity contribution in [2.75, 3.05) is 6.54 Å². The molecule has 0 radical (unpaired) electrons. The molecule has 0 aromatic heterocycles. The fourth-order valence-electron chi connectivity index (χ4n) is 3.06. The van der Waals surface area contributed by atoms with E-state index in [0.717, 1.165) is 6.07 Å². The van der Waals surface area contributed by atoms with Crippen molar-refractivity contribution >= 4 is 46.1 Å². The summed E-state index contributed by atoms with van der Waals surface area (Å²) in [5, 5.41) is 9.23. The highest BCUT2D eigenvalue weighted by molar-refractivity contribution is 7.89. The molecule has 2 rings (SSSR count). The van der Waals surface area contributed by atoms with E-state index in [1.54, 1.807) is 0 Å². The minimum absolute atomic E-state index is 0.205. The molecular formula is C17H30B4FNO5S. The number of nitrogens with one attached hydrogen (secondary N) is 1. The van der Waals surface area contributed by atoms with E-state index in [9.17, 15) is 13.5 Å². The zero-order valence-corrected chi connectivity index (χ0v) is 19.6. The topological polar surface area (TPSA) is 84.9 Å². The van der Waals surface area contributed by atoms with Crippen molar-refractivity contribution in [2.24, 2.45) is 0 Å². The SMILES string of the molecule is BC(B)(B)c1c(F)cc(S(=O)(=O)NCC(C)(C)O)cc1B1OC(C)(C)C(C)(C)O1. The Morgan fingerprint density at radius 3 is 2.03 bits per heavy atom. The van der Waals surface area contributed by atoms with Crippen LogP contribution in [0.5, 0.6) is 0 Å². The summed E-state index contributed by atoms with van der Waals surface area (Å²) in [4.78, 5) is -0.239. The molecule has 0 atom stereocenters. The third-order valence-corrected chi connectivity index (χ3v) is 6.74. The Bertz CT molecular complexity index is 878. The van der Waals surface area contributed by atoms with E-state index in [2.05, 4.69) is 4.72 Å². The summed E-state index contributed by atoms with van der Waals surface area (Å²) >= 11 is 0. The van der Waals surface area contributed by atoms with Crippen LogP contribution in [-0.4, -0.2) is 67.5 Å². The number of hydrogen-bond donors (Lipinski definition) is 2. The molecule has 0 unspecified atom stereocenters. The minimum Gasteiger partial charge on any atom is -0.399 e. The van der Waals surface area contributed by atoms with Gasteiger partial charge in [-0.05, 0) is 64.7 Å². The number of aliphatic hydroxyl groups is 1. The zero-order valence-electron chi connectivity index (χ0n) is 18.8. The van der Waals surface area contributed by atoms with Crippen molar-refractivity contribution in [3.8, 4) is 0 Å². The van der Waals surface area contributed by atoms with Crippen molar-refractivity contribution < 1.29 is 27.2 Å². The molecule has 1 aromatic rings. The van der Waals surface area contributed by atoms with Crippen LogP contribution in [0.15, 0.2) is 17.0 Å². The molecule has 1 heterocycles. The lowest BCUT2D eigenvalue weighted by atomic mass is 9.38. The van der Waals surface area contributed by atoms with Crippen LogP contribution in [0.2, 0.25) is 0 Å². The van der Waals surface area contributed by atoms with Gasteiger partial charge < -0.3 is 14.4 Å². The summed E-state index contributed by atoms with van der Waals surface area (Å²) in [7, 11) is 0.586. The van der Waals surface area contributed by atoms with E-state index in [-0.39, 0.29) is 11.4 Å². The molecule has 29 heavy (non-hydrogen) atoms. The third kappa shape index (κ3) is 5.28. The van der Waals surface area contributed by atoms with Gasteiger partial charge in [0, 0.05) is 6.54 Å². The smallest absolute Gasteiger partial charge is 0.399 e. The quantitative estimate of drug-likeness (QED) is 0.528. The Labute approximate surface area is 176 Å². The molecule has 1 aliphatic heterocycles. The highest BCUT2D eigenvalue weighted by Crippen LogP contribution is 2.37. The number of hydrogen-bond acceptors (Lipinski definition) is 5. The molecular weight excluding hydrogens is 393 g/mol. The first-order chi connectivity index (χ1) is 12.8. The van der Waals surface area contributed by atoms with Gasteiger partial charge in [-0.15, -0.1) is 0 Å². The summed E-state index contributed by atoms with van der Waals surface area (Å²) in [6.07, 6.45) is 0. The molecule has 1 aliphatic rings.